The molecule has 1 saturated carbocycles. The summed E-state index contributed by atoms with van der Waals surface area (Å²) in [7, 11) is 0. The molecule has 15 heavy (non-hydrogen) atoms. The number of nitrogens with two attached hydrogens (primary N) is 1. The van der Waals surface area contributed by atoms with Crippen LogP contribution in [0.15, 0.2) is 22.7 Å². The summed E-state index contributed by atoms with van der Waals surface area (Å²) >= 11 is 3.42. The molecular formula is C12H16BrNO. The van der Waals surface area contributed by atoms with Gasteiger partial charge in [-0.25, -0.2) is 0 Å². The average Bonchev–Trinajstić information content (AvgIpc) is 2.89. The fourth-order valence-electron chi connectivity index (χ4n) is 2.04. The fourth-order valence-corrected chi connectivity index (χ4v) is 2.40. The van der Waals surface area contributed by atoms with Crippen LogP contribution in [0.4, 0.5) is 0 Å². The van der Waals surface area contributed by atoms with E-state index in [1.54, 1.807) is 6.07 Å². The van der Waals surface area contributed by atoms with Crippen LogP contribution in [0.5, 0.6) is 5.75 Å². The van der Waals surface area contributed by atoms with Gasteiger partial charge in [-0.15, -0.1) is 0 Å². The van der Waals surface area contributed by atoms with Gasteiger partial charge in [-0.2, -0.15) is 0 Å². The summed E-state index contributed by atoms with van der Waals surface area (Å²) in [5, 5.41) is 9.89. The third kappa shape index (κ3) is 1.68. The second-order valence-electron chi connectivity index (χ2n) is 4.94. The summed E-state index contributed by atoms with van der Waals surface area (Å²) in [5.74, 6) is 0.333. The van der Waals surface area contributed by atoms with Crippen LogP contribution >= 0.6 is 15.9 Å². The Bertz CT molecular complexity index is 397. The zero-order chi connectivity index (χ0) is 11.3. The minimum absolute atomic E-state index is 0.148. The van der Waals surface area contributed by atoms with Crippen molar-refractivity contribution in [3.05, 3.63) is 28.2 Å². The molecule has 1 fully saturated rings. The Morgan fingerprint density at radius 3 is 2.53 bits per heavy atom. The molecule has 2 nitrogen and oxygen atoms in total. The standard InChI is InChI=1S/C12H16BrNO/c1-11(2,12(14)5-6-12)9-7-8(13)3-4-10(9)15/h3-4,7,15H,5-6,14H2,1-2H3. The number of aromatic hydroxyl groups is 1. The molecule has 1 aromatic carbocycles. The number of hydrogen-bond acceptors (Lipinski definition) is 2. The van der Waals surface area contributed by atoms with Gasteiger partial charge in [0.05, 0.1) is 0 Å². The summed E-state index contributed by atoms with van der Waals surface area (Å²) in [5.41, 5.74) is 6.85. The molecule has 0 radical (unpaired) electrons. The molecule has 1 aliphatic rings. The van der Waals surface area contributed by atoms with Crippen LogP contribution in [0.1, 0.15) is 32.3 Å². The predicted octanol–water partition coefficient (Wildman–Crippen LogP) is 2.92. The summed E-state index contributed by atoms with van der Waals surface area (Å²) in [6.45, 7) is 4.20. The van der Waals surface area contributed by atoms with Gasteiger partial charge < -0.3 is 10.8 Å². The van der Waals surface area contributed by atoms with E-state index in [1.165, 1.54) is 0 Å². The number of phenolic OH excluding ortho intramolecular Hbond substituents is 1. The van der Waals surface area contributed by atoms with Crippen molar-refractivity contribution in [1.29, 1.82) is 0 Å². The third-order valence-corrected chi connectivity index (χ3v) is 4.16. The first kappa shape index (κ1) is 11.0. The normalized spacial score (nSPS) is 18.9. The number of benzene rings is 1. The van der Waals surface area contributed by atoms with Crippen molar-refractivity contribution >= 4 is 15.9 Å². The number of phenols is 1. The van der Waals surface area contributed by atoms with Crippen LogP contribution in [0.2, 0.25) is 0 Å². The molecule has 0 unspecified atom stereocenters. The highest BCUT2D eigenvalue weighted by atomic mass is 79.9. The average molecular weight is 270 g/mol. The van der Waals surface area contributed by atoms with E-state index in [2.05, 4.69) is 29.8 Å². The number of hydrogen-bond donors (Lipinski definition) is 2. The lowest BCUT2D eigenvalue weighted by atomic mass is 9.75. The molecule has 0 heterocycles. The van der Waals surface area contributed by atoms with Gasteiger partial charge in [0.25, 0.3) is 0 Å². The molecule has 1 aliphatic carbocycles. The topological polar surface area (TPSA) is 46.2 Å². The third-order valence-electron chi connectivity index (χ3n) is 3.67. The number of halogens is 1. The van der Waals surface area contributed by atoms with E-state index < -0.39 is 0 Å². The monoisotopic (exact) mass is 269 g/mol. The minimum Gasteiger partial charge on any atom is -0.508 e. The first-order valence-electron chi connectivity index (χ1n) is 5.15. The molecule has 0 atom stereocenters. The van der Waals surface area contributed by atoms with Crippen molar-refractivity contribution in [3.63, 3.8) is 0 Å². The molecule has 0 aromatic heterocycles. The minimum atomic E-state index is -0.180. The molecule has 82 valence electrons. The SMILES string of the molecule is CC(C)(c1cc(Br)ccc1O)C1(N)CC1. The van der Waals surface area contributed by atoms with E-state index in [-0.39, 0.29) is 11.0 Å². The summed E-state index contributed by atoms with van der Waals surface area (Å²) < 4.78 is 0.979. The van der Waals surface area contributed by atoms with Gasteiger partial charge in [0.15, 0.2) is 0 Å². The predicted molar refractivity (Wildman–Crippen MR) is 65.0 cm³/mol. The summed E-state index contributed by atoms with van der Waals surface area (Å²) in [6.07, 6.45) is 2.07. The highest BCUT2D eigenvalue weighted by molar-refractivity contribution is 9.10. The van der Waals surface area contributed by atoms with E-state index >= 15 is 0 Å². The first-order valence-corrected chi connectivity index (χ1v) is 5.94. The Morgan fingerprint density at radius 2 is 2.00 bits per heavy atom. The van der Waals surface area contributed by atoms with Crippen molar-refractivity contribution in [2.45, 2.75) is 37.6 Å². The van der Waals surface area contributed by atoms with E-state index in [9.17, 15) is 5.11 Å². The van der Waals surface area contributed by atoms with Gasteiger partial charge in [0, 0.05) is 21.0 Å². The first-order chi connectivity index (χ1) is 6.87. The molecule has 3 N–H and O–H groups in total. The quantitative estimate of drug-likeness (QED) is 0.868. The molecule has 0 spiro atoms. The van der Waals surface area contributed by atoms with Gasteiger partial charge in [-0.1, -0.05) is 29.8 Å². The zero-order valence-electron chi connectivity index (χ0n) is 9.05. The highest BCUT2D eigenvalue weighted by Gasteiger charge is 2.52. The lowest BCUT2D eigenvalue weighted by Gasteiger charge is -2.33. The van der Waals surface area contributed by atoms with Crippen LogP contribution < -0.4 is 5.73 Å². The van der Waals surface area contributed by atoms with Gasteiger partial charge in [-0.05, 0) is 31.0 Å². The molecule has 2 rings (SSSR count). The maximum absolute atomic E-state index is 9.89. The van der Waals surface area contributed by atoms with Crippen molar-refractivity contribution in [3.8, 4) is 5.75 Å². The Labute approximate surface area is 98.6 Å². The smallest absolute Gasteiger partial charge is 0.119 e. The molecule has 0 saturated heterocycles. The van der Waals surface area contributed by atoms with Crippen molar-refractivity contribution in [2.24, 2.45) is 5.73 Å². The largest absolute Gasteiger partial charge is 0.508 e. The van der Waals surface area contributed by atoms with Crippen LogP contribution in [0.3, 0.4) is 0 Å². The fraction of sp³-hybridized carbons (Fsp3) is 0.500. The van der Waals surface area contributed by atoms with E-state index in [1.807, 2.05) is 12.1 Å². The highest BCUT2D eigenvalue weighted by Crippen LogP contribution is 2.51. The van der Waals surface area contributed by atoms with Crippen LogP contribution in [-0.4, -0.2) is 10.6 Å². The molecule has 0 amide bonds. The van der Waals surface area contributed by atoms with Gasteiger partial charge in [-0.3, -0.25) is 0 Å². The Kier molecular flexibility index (Phi) is 2.36. The Morgan fingerprint density at radius 1 is 1.40 bits per heavy atom. The number of rotatable bonds is 2. The maximum Gasteiger partial charge on any atom is 0.119 e. The van der Waals surface area contributed by atoms with Gasteiger partial charge >= 0.3 is 0 Å². The van der Waals surface area contributed by atoms with Crippen molar-refractivity contribution in [2.75, 3.05) is 0 Å². The van der Waals surface area contributed by atoms with Crippen molar-refractivity contribution < 1.29 is 5.11 Å². The second kappa shape index (κ2) is 3.22. The Hall–Kier alpha value is -0.540. The summed E-state index contributed by atoms with van der Waals surface area (Å²) in [4.78, 5) is 0. The molecule has 0 aliphatic heterocycles. The lowest BCUT2D eigenvalue weighted by Crippen LogP contribution is -2.43. The van der Waals surface area contributed by atoms with E-state index in [4.69, 9.17) is 5.73 Å². The summed E-state index contributed by atoms with van der Waals surface area (Å²) in [6, 6.07) is 5.51. The zero-order valence-corrected chi connectivity index (χ0v) is 10.6. The van der Waals surface area contributed by atoms with Crippen LogP contribution in [0.25, 0.3) is 0 Å². The van der Waals surface area contributed by atoms with E-state index in [0.717, 1.165) is 22.9 Å². The van der Waals surface area contributed by atoms with Crippen LogP contribution in [-0.2, 0) is 5.41 Å². The molecule has 1 aromatic rings. The lowest BCUT2D eigenvalue weighted by molar-refractivity contribution is 0.367. The van der Waals surface area contributed by atoms with Gasteiger partial charge in [0.1, 0.15) is 5.75 Å². The maximum atomic E-state index is 9.89. The molecule has 0 bridgehead atoms. The van der Waals surface area contributed by atoms with Crippen molar-refractivity contribution in [1.82, 2.24) is 0 Å². The van der Waals surface area contributed by atoms with Gasteiger partial charge in [0.2, 0.25) is 0 Å². The van der Waals surface area contributed by atoms with E-state index in [0.29, 0.717) is 5.75 Å². The van der Waals surface area contributed by atoms with Crippen LogP contribution in [0, 0.1) is 0 Å². The molecular weight excluding hydrogens is 254 g/mol. The Balaban J connectivity index is 2.48. The molecule has 3 heteroatoms. The second-order valence-corrected chi connectivity index (χ2v) is 5.86.